The molecule has 11 nitrogen and oxygen atoms in total. The number of carbonyl (C=O) groups is 1. The van der Waals surface area contributed by atoms with Crippen molar-refractivity contribution in [2.45, 2.75) is 36.9 Å². The molecule has 1 aliphatic heterocycles. The van der Waals surface area contributed by atoms with Gasteiger partial charge in [-0.25, -0.2) is 9.78 Å². The summed E-state index contributed by atoms with van der Waals surface area (Å²) in [5, 5.41) is 45.5. The molecule has 0 bridgehead atoms. The number of anilines is 1. The smallest absolute Gasteiger partial charge is 0.319 e. The molecule has 0 spiro atoms. The number of rotatable bonds is 7. The van der Waals surface area contributed by atoms with Crippen molar-refractivity contribution < 1.29 is 34.7 Å². The first-order chi connectivity index (χ1) is 16.8. The van der Waals surface area contributed by atoms with Crippen LogP contribution in [-0.2, 0) is 11.2 Å². The van der Waals surface area contributed by atoms with Gasteiger partial charge in [-0.1, -0.05) is 12.1 Å². The molecule has 1 fully saturated rings. The van der Waals surface area contributed by atoms with Crippen LogP contribution in [0.4, 0.5) is 10.5 Å². The van der Waals surface area contributed by atoms with E-state index in [1.807, 2.05) is 18.2 Å². The van der Waals surface area contributed by atoms with E-state index in [1.165, 1.54) is 0 Å². The SMILES string of the molecule is COc1ccc(CCNC(=O)Nc2cccc3[nH]c([C@@H]4O[C@H](CO)[C@@H](O)[C@H](O)[C@H]4O)nc23)cc1Br. The van der Waals surface area contributed by atoms with Gasteiger partial charge in [-0.05, 0) is 52.2 Å². The summed E-state index contributed by atoms with van der Waals surface area (Å²) in [6.07, 6.45) is -6.00. The van der Waals surface area contributed by atoms with Gasteiger partial charge in [0.1, 0.15) is 47.6 Å². The molecule has 12 heteroatoms. The number of aliphatic hydroxyl groups excluding tert-OH is 4. The maximum Gasteiger partial charge on any atom is 0.319 e. The van der Waals surface area contributed by atoms with Gasteiger partial charge < -0.3 is 45.5 Å². The van der Waals surface area contributed by atoms with E-state index >= 15 is 0 Å². The lowest BCUT2D eigenvalue weighted by atomic mass is 9.95. The van der Waals surface area contributed by atoms with Crippen LogP contribution in [0.2, 0.25) is 0 Å². The first kappa shape index (κ1) is 25.4. The van der Waals surface area contributed by atoms with Crippen molar-refractivity contribution >= 4 is 38.7 Å². The van der Waals surface area contributed by atoms with Crippen molar-refractivity contribution in [1.29, 1.82) is 0 Å². The van der Waals surface area contributed by atoms with Gasteiger partial charge in [-0.3, -0.25) is 0 Å². The summed E-state index contributed by atoms with van der Waals surface area (Å²) >= 11 is 3.45. The Hall–Kier alpha value is -2.74. The number of benzene rings is 2. The molecule has 4 rings (SSSR count). The first-order valence-electron chi connectivity index (χ1n) is 11.0. The Morgan fingerprint density at radius 2 is 2.00 bits per heavy atom. The summed E-state index contributed by atoms with van der Waals surface area (Å²) in [6.45, 7) is -0.139. The van der Waals surface area contributed by atoms with E-state index < -0.39 is 43.2 Å². The van der Waals surface area contributed by atoms with Crippen molar-refractivity contribution in [1.82, 2.24) is 15.3 Å². The number of methoxy groups -OCH3 is 1. The molecule has 0 saturated carbocycles. The summed E-state index contributed by atoms with van der Waals surface area (Å²) in [5.74, 6) is 0.922. The number of amides is 2. The van der Waals surface area contributed by atoms with E-state index in [0.717, 1.165) is 15.8 Å². The number of aromatic nitrogens is 2. The number of aliphatic hydroxyl groups is 4. The molecule has 188 valence electrons. The Morgan fingerprint density at radius 1 is 1.20 bits per heavy atom. The largest absolute Gasteiger partial charge is 0.496 e. The first-order valence-corrected chi connectivity index (χ1v) is 11.8. The van der Waals surface area contributed by atoms with Crippen molar-refractivity contribution in [3.63, 3.8) is 0 Å². The summed E-state index contributed by atoms with van der Waals surface area (Å²) in [5.41, 5.74) is 2.45. The van der Waals surface area contributed by atoms with Gasteiger partial charge in [0.25, 0.3) is 0 Å². The monoisotopic (exact) mass is 550 g/mol. The molecule has 2 heterocycles. The molecule has 0 radical (unpaired) electrons. The summed E-state index contributed by atoms with van der Waals surface area (Å²) in [6, 6.07) is 10.4. The van der Waals surface area contributed by atoms with Gasteiger partial charge in [0, 0.05) is 6.54 Å². The Morgan fingerprint density at radius 3 is 2.71 bits per heavy atom. The predicted octanol–water partition coefficient (Wildman–Crippen LogP) is 1.21. The third-order valence-corrected chi connectivity index (χ3v) is 6.48. The molecule has 5 atom stereocenters. The van der Waals surface area contributed by atoms with E-state index in [-0.39, 0.29) is 5.82 Å². The van der Waals surface area contributed by atoms with E-state index in [1.54, 1.807) is 25.3 Å². The molecule has 0 aliphatic carbocycles. The Kier molecular flexibility index (Phi) is 7.89. The second kappa shape index (κ2) is 10.9. The Bertz CT molecular complexity index is 1190. The van der Waals surface area contributed by atoms with Gasteiger partial charge in [-0.15, -0.1) is 0 Å². The number of urea groups is 1. The number of fused-ring (bicyclic) bond motifs is 1. The molecule has 2 aromatic carbocycles. The molecule has 1 aromatic heterocycles. The van der Waals surface area contributed by atoms with Gasteiger partial charge >= 0.3 is 6.03 Å². The van der Waals surface area contributed by atoms with Gasteiger partial charge in [0.15, 0.2) is 0 Å². The normalized spacial score (nSPS) is 24.3. The molecular formula is C23H27BrN4O7. The van der Waals surface area contributed by atoms with E-state index in [9.17, 15) is 25.2 Å². The van der Waals surface area contributed by atoms with Crippen LogP contribution in [0.3, 0.4) is 0 Å². The number of hydrogen-bond donors (Lipinski definition) is 7. The van der Waals surface area contributed by atoms with E-state index in [0.29, 0.717) is 29.7 Å². The van der Waals surface area contributed by atoms with Crippen LogP contribution in [-0.4, -0.2) is 81.1 Å². The van der Waals surface area contributed by atoms with Crippen molar-refractivity contribution in [3.8, 4) is 5.75 Å². The van der Waals surface area contributed by atoms with Crippen molar-refractivity contribution in [2.75, 3.05) is 25.6 Å². The minimum Gasteiger partial charge on any atom is -0.496 e. The number of aromatic amines is 1. The maximum atomic E-state index is 12.5. The number of hydrogen-bond acceptors (Lipinski definition) is 8. The fourth-order valence-corrected chi connectivity index (χ4v) is 4.55. The van der Waals surface area contributed by atoms with E-state index in [2.05, 4.69) is 36.5 Å². The number of carbonyl (C=O) groups excluding carboxylic acids is 1. The lowest BCUT2D eigenvalue weighted by molar-refractivity contribution is -0.233. The second-order valence-electron chi connectivity index (χ2n) is 8.17. The lowest BCUT2D eigenvalue weighted by Gasteiger charge is -2.39. The Balaban J connectivity index is 1.43. The van der Waals surface area contributed by atoms with Crippen LogP contribution >= 0.6 is 15.9 Å². The van der Waals surface area contributed by atoms with Gasteiger partial charge in [0.2, 0.25) is 0 Å². The zero-order chi connectivity index (χ0) is 25.1. The van der Waals surface area contributed by atoms with Gasteiger partial charge in [0.05, 0.1) is 29.4 Å². The highest BCUT2D eigenvalue weighted by Crippen LogP contribution is 2.33. The zero-order valence-electron chi connectivity index (χ0n) is 18.8. The number of imidazole rings is 1. The van der Waals surface area contributed by atoms with E-state index in [4.69, 9.17) is 9.47 Å². The second-order valence-corrected chi connectivity index (χ2v) is 9.03. The average Bonchev–Trinajstić information content (AvgIpc) is 3.28. The third kappa shape index (κ3) is 5.42. The standard InChI is InChI=1S/C23H27BrN4O7/c1-34-15-6-5-11(9-12(15)24)7-8-25-23(33)27-14-4-2-3-13-17(14)28-22(26-13)21-20(32)19(31)18(30)16(10-29)35-21/h2-6,9,16,18-21,29-32H,7-8,10H2,1H3,(H,26,28)(H2,25,27,33)/t16-,18-,19+,20-,21-/m1/s1. The number of ether oxygens (including phenoxy) is 2. The minimum absolute atomic E-state index is 0.191. The third-order valence-electron chi connectivity index (χ3n) is 5.86. The number of H-pyrrole nitrogens is 1. The molecular weight excluding hydrogens is 524 g/mol. The lowest BCUT2D eigenvalue weighted by Crippen LogP contribution is -2.55. The quantitative estimate of drug-likeness (QED) is 0.230. The Labute approximate surface area is 209 Å². The summed E-state index contributed by atoms with van der Waals surface area (Å²) in [4.78, 5) is 20.0. The van der Waals surface area contributed by atoms with Crippen LogP contribution < -0.4 is 15.4 Å². The predicted molar refractivity (Wildman–Crippen MR) is 130 cm³/mol. The summed E-state index contributed by atoms with van der Waals surface area (Å²) < 4.78 is 11.6. The summed E-state index contributed by atoms with van der Waals surface area (Å²) in [7, 11) is 1.60. The van der Waals surface area contributed by atoms with Crippen LogP contribution in [0.1, 0.15) is 17.5 Å². The number of halogens is 1. The molecule has 3 aromatic rings. The fourth-order valence-electron chi connectivity index (χ4n) is 3.97. The van der Waals surface area contributed by atoms with Crippen LogP contribution in [0, 0.1) is 0 Å². The number of nitrogens with one attached hydrogen (secondary N) is 3. The topological polar surface area (TPSA) is 169 Å². The highest BCUT2D eigenvalue weighted by atomic mass is 79.9. The molecule has 1 aliphatic rings. The van der Waals surface area contributed by atoms with Crippen molar-refractivity contribution in [3.05, 3.63) is 52.3 Å². The molecule has 7 N–H and O–H groups in total. The van der Waals surface area contributed by atoms with Crippen LogP contribution in [0.15, 0.2) is 40.9 Å². The number of para-hydroxylation sites is 1. The zero-order valence-corrected chi connectivity index (χ0v) is 20.4. The highest BCUT2D eigenvalue weighted by molar-refractivity contribution is 9.10. The molecule has 2 amide bonds. The van der Waals surface area contributed by atoms with Crippen molar-refractivity contribution in [2.24, 2.45) is 0 Å². The number of nitrogens with zero attached hydrogens (tertiary/aromatic N) is 1. The highest BCUT2D eigenvalue weighted by Gasteiger charge is 2.45. The maximum absolute atomic E-state index is 12.5. The fraction of sp³-hybridized carbons (Fsp3) is 0.391. The molecule has 1 saturated heterocycles. The molecule has 0 unspecified atom stereocenters. The van der Waals surface area contributed by atoms with Crippen LogP contribution in [0.5, 0.6) is 5.75 Å². The average molecular weight is 551 g/mol. The van der Waals surface area contributed by atoms with Crippen LogP contribution in [0.25, 0.3) is 11.0 Å². The minimum atomic E-state index is -1.52. The molecule has 35 heavy (non-hydrogen) atoms. The van der Waals surface area contributed by atoms with Gasteiger partial charge in [-0.2, -0.15) is 0 Å².